The van der Waals surface area contributed by atoms with Crippen molar-refractivity contribution in [1.29, 1.82) is 0 Å². The maximum absolute atomic E-state index is 12.7. The van der Waals surface area contributed by atoms with Crippen molar-refractivity contribution in [3.63, 3.8) is 0 Å². The summed E-state index contributed by atoms with van der Waals surface area (Å²) in [5.41, 5.74) is 3.02. The molecule has 1 fully saturated rings. The van der Waals surface area contributed by atoms with E-state index in [9.17, 15) is 9.59 Å². The van der Waals surface area contributed by atoms with Crippen LogP contribution in [0.1, 0.15) is 30.5 Å². The van der Waals surface area contributed by atoms with E-state index in [1.54, 1.807) is 6.07 Å². The van der Waals surface area contributed by atoms with Crippen LogP contribution in [0.3, 0.4) is 0 Å². The summed E-state index contributed by atoms with van der Waals surface area (Å²) in [4.78, 5) is 27.0. The van der Waals surface area contributed by atoms with Gasteiger partial charge in [0.25, 0.3) is 5.56 Å². The predicted octanol–water partition coefficient (Wildman–Crippen LogP) is 3.53. The van der Waals surface area contributed by atoms with Gasteiger partial charge in [-0.15, -0.1) is 0 Å². The summed E-state index contributed by atoms with van der Waals surface area (Å²) in [5.74, 6) is 0.519. The third-order valence-electron chi connectivity index (χ3n) is 5.28. The van der Waals surface area contributed by atoms with Gasteiger partial charge in [0.2, 0.25) is 0 Å². The molecule has 0 saturated carbocycles. The first-order valence-electron chi connectivity index (χ1n) is 9.13. The fourth-order valence-electron chi connectivity index (χ4n) is 4.26. The molecule has 0 unspecified atom stereocenters. The van der Waals surface area contributed by atoms with Gasteiger partial charge in [-0.3, -0.25) is 4.79 Å². The van der Waals surface area contributed by atoms with E-state index >= 15 is 0 Å². The van der Waals surface area contributed by atoms with E-state index in [4.69, 9.17) is 0 Å². The van der Waals surface area contributed by atoms with E-state index in [2.05, 4.69) is 11.4 Å². The minimum Gasteiger partial charge on any atom is -0.324 e. The number of aromatic nitrogens is 1. The number of carbonyl (C=O) groups is 1. The molecule has 2 amide bonds. The molecular formula is C21H23N3O2. The van der Waals surface area contributed by atoms with Crippen molar-refractivity contribution in [1.82, 2.24) is 9.47 Å². The molecule has 2 aliphatic rings. The van der Waals surface area contributed by atoms with Gasteiger partial charge in [-0.05, 0) is 43.0 Å². The Balaban J connectivity index is 1.61. The molecule has 26 heavy (non-hydrogen) atoms. The number of carbonyl (C=O) groups excluding carboxylic acids is 1. The van der Waals surface area contributed by atoms with E-state index in [1.165, 1.54) is 0 Å². The van der Waals surface area contributed by atoms with E-state index < -0.39 is 0 Å². The highest BCUT2D eigenvalue weighted by molar-refractivity contribution is 5.89. The molecule has 2 aromatic rings. The van der Waals surface area contributed by atoms with Gasteiger partial charge in [-0.1, -0.05) is 30.4 Å². The molecular weight excluding hydrogens is 326 g/mol. The molecule has 5 heteroatoms. The van der Waals surface area contributed by atoms with Crippen LogP contribution in [0, 0.1) is 5.92 Å². The molecule has 3 heterocycles. The Kier molecular flexibility index (Phi) is 4.37. The topological polar surface area (TPSA) is 54.3 Å². The summed E-state index contributed by atoms with van der Waals surface area (Å²) in [7, 11) is 0. The van der Waals surface area contributed by atoms with Gasteiger partial charge in [0.15, 0.2) is 0 Å². The number of rotatable bonds is 2. The van der Waals surface area contributed by atoms with Crippen LogP contribution in [0.2, 0.25) is 0 Å². The standard InChI is InChI=1S/C21H23N3O2/c1-2-6-16-9-10-19(25)24-13-15-11-17(20(16)24)14-23(12-15)21(26)22-18-7-4-3-5-8-18/h2-10,15,17H,11-14H2,1H3,(H,22,26)/b6-2+/t15-,17+/m0/s1. The zero-order valence-corrected chi connectivity index (χ0v) is 14.9. The maximum Gasteiger partial charge on any atom is 0.321 e. The quantitative estimate of drug-likeness (QED) is 0.902. The first-order valence-corrected chi connectivity index (χ1v) is 9.13. The van der Waals surface area contributed by atoms with Crippen LogP contribution in [0.5, 0.6) is 0 Å². The zero-order chi connectivity index (χ0) is 18.1. The normalized spacial score (nSPS) is 21.5. The van der Waals surface area contributed by atoms with Crippen LogP contribution in [-0.4, -0.2) is 28.6 Å². The molecule has 134 valence electrons. The number of hydrogen-bond donors (Lipinski definition) is 1. The van der Waals surface area contributed by atoms with Crippen molar-refractivity contribution >= 4 is 17.8 Å². The monoisotopic (exact) mass is 349 g/mol. The number of allylic oxidation sites excluding steroid dienone is 1. The van der Waals surface area contributed by atoms with Crippen LogP contribution in [0.4, 0.5) is 10.5 Å². The second-order valence-corrected chi connectivity index (χ2v) is 7.12. The Morgan fingerprint density at radius 2 is 1.92 bits per heavy atom. The Hall–Kier alpha value is -2.82. The molecule has 0 radical (unpaired) electrons. The molecule has 1 aromatic carbocycles. The van der Waals surface area contributed by atoms with Gasteiger partial charge < -0.3 is 14.8 Å². The molecule has 1 N–H and O–H groups in total. The second-order valence-electron chi connectivity index (χ2n) is 7.12. The van der Waals surface area contributed by atoms with E-state index in [1.807, 2.05) is 58.9 Å². The molecule has 2 bridgehead atoms. The van der Waals surface area contributed by atoms with Gasteiger partial charge in [-0.25, -0.2) is 4.79 Å². The van der Waals surface area contributed by atoms with Gasteiger partial charge in [0, 0.05) is 43.0 Å². The average Bonchev–Trinajstić information content (AvgIpc) is 2.65. The smallest absolute Gasteiger partial charge is 0.321 e. The number of pyridine rings is 1. The van der Waals surface area contributed by atoms with Gasteiger partial charge >= 0.3 is 6.03 Å². The van der Waals surface area contributed by atoms with E-state index in [0.29, 0.717) is 25.6 Å². The molecule has 5 nitrogen and oxygen atoms in total. The Labute approximate surface area is 152 Å². The fraction of sp³-hybridized carbons (Fsp3) is 0.333. The van der Waals surface area contributed by atoms with Crippen LogP contribution < -0.4 is 10.9 Å². The minimum absolute atomic E-state index is 0.0603. The summed E-state index contributed by atoms with van der Waals surface area (Å²) in [5, 5.41) is 2.98. The number of para-hydroxylation sites is 1. The number of nitrogens with zero attached hydrogens (tertiary/aromatic N) is 2. The third-order valence-corrected chi connectivity index (χ3v) is 5.28. The van der Waals surface area contributed by atoms with E-state index in [0.717, 1.165) is 23.4 Å². The van der Waals surface area contributed by atoms with Crippen molar-refractivity contribution < 1.29 is 4.79 Å². The molecule has 2 aliphatic heterocycles. The Bertz CT molecular complexity index is 901. The lowest BCUT2D eigenvalue weighted by molar-refractivity contribution is 0.139. The Morgan fingerprint density at radius 3 is 2.69 bits per heavy atom. The fourth-order valence-corrected chi connectivity index (χ4v) is 4.26. The summed E-state index contributed by atoms with van der Waals surface area (Å²) in [6.45, 7) is 4.00. The number of fused-ring (bicyclic) bond motifs is 4. The SMILES string of the molecule is C/C=C/c1ccc(=O)n2c1[C@@H]1C[C@@H](CN(C(=O)Nc3ccccc3)C1)C2. The van der Waals surface area contributed by atoms with Crippen LogP contribution in [0.25, 0.3) is 6.08 Å². The number of likely N-dealkylation sites (tertiary alicyclic amines) is 1. The molecule has 1 saturated heterocycles. The van der Waals surface area contributed by atoms with Crippen molar-refractivity contribution in [2.75, 3.05) is 18.4 Å². The number of urea groups is 1. The number of nitrogens with one attached hydrogen (secondary N) is 1. The largest absolute Gasteiger partial charge is 0.324 e. The van der Waals surface area contributed by atoms with Crippen molar-refractivity contribution in [2.45, 2.75) is 25.8 Å². The van der Waals surface area contributed by atoms with Crippen LogP contribution in [0.15, 0.2) is 53.3 Å². The first kappa shape index (κ1) is 16.6. The summed E-state index contributed by atoms with van der Waals surface area (Å²) in [6.07, 6.45) is 5.08. The highest BCUT2D eigenvalue weighted by atomic mass is 16.2. The summed E-state index contributed by atoms with van der Waals surface area (Å²) in [6, 6.07) is 13.0. The minimum atomic E-state index is -0.0646. The average molecular weight is 349 g/mol. The second kappa shape index (κ2) is 6.83. The van der Waals surface area contributed by atoms with Gasteiger partial charge in [0.1, 0.15) is 0 Å². The van der Waals surface area contributed by atoms with Crippen LogP contribution in [-0.2, 0) is 6.54 Å². The predicted molar refractivity (Wildman–Crippen MR) is 103 cm³/mol. The third kappa shape index (κ3) is 3.05. The van der Waals surface area contributed by atoms with Crippen molar-refractivity contribution in [2.24, 2.45) is 5.92 Å². The maximum atomic E-state index is 12.7. The highest BCUT2D eigenvalue weighted by Crippen LogP contribution is 2.37. The number of amides is 2. The number of benzene rings is 1. The number of hydrogen-bond acceptors (Lipinski definition) is 2. The Morgan fingerprint density at radius 1 is 1.12 bits per heavy atom. The molecule has 1 aromatic heterocycles. The highest BCUT2D eigenvalue weighted by Gasteiger charge is 2.37. The van der Waals surface area contributed by atoms with Crippen molar-refractivity contribution in [3.8, 4) is 0 Å². The summed E-state index contributed by atoms with van der Waals surface area (Å²) < 4.78 is 1.92. The van der Waals surface area contributed by atoms with Crippen LogP contribution >= 0.6 is 0 Å². The zero-order valence-electron chi connectivity index (χ0n) is 14.9. The van der Waals surface area contributed by atoms with E-state index in [-0.39, 0.29) is 17.5 Å². The molecule has 4 rings (SSSR count). The molecule has 0 spiro atoms. The number of piperidine rings is 1. The lowest BCUT2D eigenvalue weighted by Crippen LogP contribution is -2.50. The lowest BCUT2D eigenvalue weighted by Gasteiger charge is -2.43. The lowest BCUT2D eigenvalue weighted by atomic mass is 9.81. The van der Waals surface area contributed by atoms with Crippen molar-refractivity contribution in [3.05, 3.63) is 70.2 Å². The number of anilines is 1. The molecule has 2 atom stereocenters. The summed E-state index contributed by atoms with van der Waals surface area (Å²) >= 11 is 0. The first-order chi connectivity index (χ1) is 12.7. The van der Waals surface area contributed by atoms with Gasteiger partial charge in [-0.2, -0.15) is 0 Å². The molecule has 0 aliphatic carbocycles. The van der Waals surface area contributed by atoms with Gasteiger partial charge in [0.05, 0.1) is 0 Å².